The fraction of sp³-hybridized carbons (Fsp3) is 0.118. The Bertz CT molecular complexity index is 751. The fourth-order valence-corrected chi connectivity index (χ4v) is 2.36. The van der Waals surface area contributed by atoms with Gasteiger partial charge >= 0.3 is 0 Å². The molecule has 0 aliphatic rings. The largest absolute Gasteiger partial charge is 0.351 e. The highest BCUT2D eigenvalue weighted by Crippen LogP contribution is 2.25. The van der Waals surface area contributed by atoms with Gasteiger partial charge in [0.25, 0.3) is 0 Å². The quantitative estimate of drug-likeness (QED) is 0.628. The Morgan fingerprint density at radius 3 is 2.32 bits per heavy atom. The van der Waals surface area contributed by atoms with Gasteiger partial charge in [0.15, 0.2) is 5.78 Å². The molecule has 0 radical (unpaired) electrons. The lowest BCUT2D eigenvalue weighted by Crippen LogP contribution is -1.90. The van der Waals surface area contributed by atoms with Crippen molar-refractivity contribution >= 4 is 16.7 Å². The molecule has 0 fully saturated rings. The van der Waals surface area contributed by atoms with Crippen molar-refractivity contribution in [1.82, 2.24) is 4.57 Å². The van der Waals surface area contributed by atoms with E-state index in [0.29, 0.717) is 0 Å². The van der Waals surface area contributed by atoms with E-state index < -0.39 is 0 Å². The summed E-state index contributed by atoms with van der Waals surface area (Å²) >= 11 is 0. The van der Waals surface area contributed by atoms with Gasteiger partial charge in [-0.15, -0.1) is 0 Å². The first-order valence-electron chi connectivity index (χ1n) is 6.31. The maximum Gasteiger partial charge on any atom is 0.159 e. The van der Waals surface area contributed by atoms with E-state index in [0.717, 1.165) is 11.1 Å². The number of Topliss-reactive ketones (excluding diaryl/α,β-unsaturated/α-hetero) is 1. The third-order valence-electron chi connectivity index (χ3n) is 3.51. The number of hydrogen-bond acceptors (Lipinski definition) is 1. The van der Waals surface area contributed by atoms with E-state index in [4.69, 9.17) is 0 Å². The van der Waals surface area contributed by atoms with Crippen LogP contribution in [-0.2, 0) is 7.05 Å². The zero-order valence-corrected chi connectivity index (χ0v) is 11.1. The van der Waals surface area contributed by atoms with Crippen LogP contribution in [0.3, 0.4) is 0 Å². The van der Waals surface area contributed by atoms with Crippen molar-refractivity contribution in [2.45, 2.75) is 6.92 Å². The molecule has 2 nitrogen and oxygen atoms in total. The number of hydrogen-bond donors (Lipinski definition) is 0. The number of carbonyl (C=O) groups excluding carboxylic acids is 1. The molecule has 0 aliphatic heterocycles. The molecule has 0 N–H and O–H groups in total. The Morgan fingerprint density at radius 2 is 1.63 bits per heavy atom. The predicted octanol–water partition coefficient (Wildman–Crippen LogP) is 4.05. The fourth-order valence-electron chi connectivity index (χ4n) is 2.36. The number of nitrogens with zero attached hydrogens (tertiary/aromatic N) is 1. The van der Waals surface area contributed by atoms with Gasteiger partial charge in [0.1, 0.15) is 0 Å². The molecule has 2 heteroatoms. The highest BCUT2D eigenvalue weighted by Gasteiger charge is 2.03. The van der Waals surface area contributed by atoms with E-state index in [1.807, 2.05) is 31.3 Å². The van der Waals surface area contributed by atoms with Crippen molar-refractivity contribution in [2.24, 2.45) is 7.05 Å². The second-order valence-corrected chi connectivity index (χ2v) is 4.83. The number of carbonyl (C=O) groups is 1. The van der Waals surface area contributed by atoms with Gasteiger partial charge in [-0.05, 0) is 36.2 Å². The summed E-state index contributed by atoms with van der Waals surface area (Å²) in [6.07, 6.45) is 2.06. The summed E-state index contributed by atoms with van der Waals surface area (Å²) in [6, 6.07) is 16.3. The average Bonchev–Trinajstić information content (AvgIpc) is 2.80. The molecule has 1 aromatic heterocycles. The van der Waals surface area contributed by atoms with Crippen LogP contribution in [0.4, 0.5) is 0 Å². The van der Waals surface area contributed by atoms with Gasteiger partial charge in [-0.3, -0.25) is 4.79 Å². The molecule has 2 aromatic carbocycles. The van der Waals surface area contributed by atoms with Crippen molar-refractivity contribution in [3.63, 3.8) is 0 Å². The molecule has 3 aromatic rings. The van der Waals surface area contributed by atoms with Gasteiger partial charge < -0.3 is 4.57 Å². The second-order valence-electron chi connectivity index (χ2n) is 4.83. The molecule has 1 heterocycles. The van der Waals surface area contributed by atoms with E-state index in [1.165, 1.54) is 16.5 Å². The van der Waals surface area contributed by atoms with Crippen LogP contribution >= 0.6 is 0 Å². The minimum atomic E-state index is 0.102. The smallest absolute Gasteiger partial charge is 0.159 e. The third-order valence-corrected chi connectivity index (χ3v) is 3.51. The molecule has 0 atom stereocenters. The van der Waals surface area contributed by atoms with Gasteiger partial charge in [-0.25, -0.2) is 0 Å². The van der Waals surface area contributed by atoms with E-state index in [2.05, 4.69) is 35.0 Å². The van der Waals surface area contributed by atoms with Gasteiger partial charge in [-0.1, -0.05) is 30.3 Å². The van der Waals surface area contributed by atoms with E-state index in [9.17, 15) is 4.79 Å². The lowest BCUT2D eigenvalue weighted by atomic mass is 10.0. The zero-order chi connectivity index (χ0) is 13.4. The number of fused-ring (bicyclic) bond motifs is 1. The summed E-state index contributed by atoms with van der Waals surface area (Å²) in [5, 5.41) is 1.23. The average molecular weight is 249 g/mol. The van der Waals surface area contributed by atoms with Crippen LogP contribution in [0.1, 0.15) is 17.3 Å². The van der Waals surface area contributed by atoms with Gasteiger partial charge in [0.2, 0.25) is 0 Å². The molecule has 0 aliphatic carbocycles. The van der Waals surface area contributed by atoms with Crippen molar-refractivity contribution < 1.29 is 4.79 Å². The van der Waals surface area contributed by atoms with Crippen LogP contribution in [0, 0.1) is 0 Å². The monoisotopic (exact) mass is 249 g/mol. The van der Waals surface area contributed by atoms with Gasteiger partial charge in [-0.2, -0.15) is 0 Å². The van der Waals surface area contributed by atoms with E-state index in [-0.39, 0.29) is 5.78 Å². The standard InChI is InChI=1S/C17H15NO/c1-12(19)13-3-5-14(6-4-13)15-7-8-17-16(11-15)9-10-18(17)2/h3-11H,1-2H3. The molecule has 0 amide bonds. The first-order valence-corrected chi connectivity index (χ1v) is 6.31. The Kier molecular flexibility index (Phi) is 2.71. The topological polar surface area (TPSA) is 22.0 Å². The maximum absolute atomic E-state index is 11.3. The summed E-state index contributed by atoms with van der Waals surface area (Å²) in [7, 11) is 2.05. The van der Waals surface area contributed by atoms with Crippen molar-refractivity contribution in [1.29, 1.82) is 0 Å². The first-order chi connectivity index (χ1) is 9.15. The molecule has 0 saturated carbocycles. The molecule has 0 unspecified atom stereocenters. The summed E-state index contributed by atoms with van der Waals surface area (Å²) in [5.41, 5.74) is 4.29. The van der Waals surface area contributed by atoms with Crippen LogP contribution in [0.2, 0.25) is 0 Å². The summed E-state index contributed by atoms with van der Waals surface area (Å²) in [6.45, 7) is 1.59. The minimum Gasteiger partial charge on any atom is -0.351 e. The molecule has 19 heavy (non-hydrogen) atoms. The molecule has 3 rings (SSSR count). The molecule has 0 bridgehead atoms. The van der Waals surface area contributed by atoms with Crippen LogP contribution in [0.25, 0.3) is 22.0 Å². The highest BCUT2D eigenvalue weighted by atomic mass is 16.1. The van der Waals surface area contributed by atoms with Crippen LogP contribution < -0.4 is 0 Å². The van der Waals surface area contributed by atoms with Crippen molar-refractivity contribution in [2.75, 3.05) is 0 Å². The number of benzene rings is 2. The number of aryl methyl sites for hydroxylation is 1. The molecule has 0 saturated heterocycles. The Morgan fingerprint density at radius 1 is 0.947 bits per heavy atom. The number of rotatable bonds is 2. The third kappa shape index (κ3) is 2.06. The van der Waals surface area contributed by atoms with Gasteiger partial charge in [0.05, 0.1) is 0 Å². The lowest BCUT2D eigenvalue weighted by molar-refractivity contribution is 0.101. The lowest BCUT2D eigenvalue weighted by Gasteiger charge is -2.04. The molecular weight excluding hydrogens is 234 g/mol. The number of ketones is 1. The minimum absolute atomic E-state index is 0.102. The summed E-state index contributed by atoms with van der Waals surface area (Å²) < 4.78 is 2.11. The van der Waals surface area contributed by atoms with Crippen LogP contribution in [0.15, 0.2) is 54.7 Å². The summed E-state index contributed by atoms with van der Waals surface area (Å²) in [4.78, 5) is 11.3. The molecule has 94 valence electrons. The highest BCUT2D eigenvalue weighted by molar-refractivity contribution is 5.94. The molecular formula is C17H15NO. The number of aromatic nitrogens is 1. The molecule has 0 spiro atoms. The SMILES string of the molecule is CC(=O)c1ccc(-c2ccc3c(ccn3C)c2)cc1. The normalized spacial score (nSPS) is 10.8. The van der Waals surface area contributed by atoms with Crippen molar-refractivity contribution in [3.05, 3.63) is 60.3 Å². The predicted molar refractivity (Wildman–Crippen MR) is 78.4 cm³/mol. The van der Waals surface area contributed by atoms with Crippen molar-refractivity contribution in [3.8, 4) is 11.1 Å². The second kappa shape index (κ2) is 4.39. The Balaban J connectivity index is 2.05. The Hall–Kier alpha value is -2.35. The van der Waals surface area contributed by atoms with E-state index >= 15 is 0 Å². The maximum atomic E-state index is 11.3. The first kappa shape index (κ1) is 11.7. The Labute approximate surface area is 112 Å². The van der Waals surface area contributed by atoms with Crippen LogP contribution in [0.5, 0.6) is 0 Å². The van der Waals surface area contributed by atoms with Gasteiger partial charge in [0, 0.05) is 29.7 Å². The zero-order valence-electron chi connectivity index (χ0n) is 11.1. The van der Waals surface area contributed by atoms with E-state index in [1.54, 1.807) is 6.92 Å². The van der Waals surface area contributed by atoms with Crippen LogP contribution in [-0.4, -0.2) is 10.4 Å². The summed E-state index contributed by atoms with van der Waals surface area (Å²) in [5.74, 6) is 0.102.